The number of primary amides is 1. The van der Waals surface area contributed by atoms with E-state index in [4.69, 9.17) is 15.9 Å². The fraction of sp³-hybridized carbons (Fsp3) is 0.0870. The lowest BCUT2D eigenvalue weighted by Crippen LogP contribution is -2.08. The summed E-state index contributed by atoms with van der Waals surface area (Å²) in [6, 6.07) is 20.3. The van der Waals surface area contributed by atoms with Gasteiger partial charge in [-0.15, -0.1) is 11.3 Å². The van der Waals surface area contributed by atoms with Gasteiger partial charge < -0.3 is 21.3 Å². The molecule has 0 saturated carbocycles. The van der Waals surface area contributed by atoms with Crippen LogP contribution in [-0.2, 0) is 4.79 Å². The van der Waals surface area contributed by atoms with E-state index in [1.54, 1.807) is 12.4 Å². The molecule has 0 aliphatic carbocycles. The number of carbonyl (C=O) groups is 2. The molecular weight excluding hydrogens is 414 g/mol. The number of hydrogen-bond donors (Lipinski definition) is 4. The van der Waals surface area contributed by atoms with Crippen LogP contribution in [0.2, 0.25) is 0 Å². The van der Waals surface area contributed by atoms with Crippen molar-refractivity contribution in [2.45, 2.75) is 6.42 Å². The monoisotopic (exact) mass is 435 g/mol. The maximum absolute atomic E-state index is 11.4. The Hall–Kier alpha value is -3.75. The second kappa shape index (κ2) is 10.3. The number of benzene rings is 2. The third-order valence-corrected chi connectivity index (χ3v) is 5.37. The minimum absolute atomic E-state index is 0.153. The maximum Gasteiger partial charge on any atom is 0.305 e. The van der Waals surface area contributed by atoms with Crippen LogP contribution in [0.25, 0.3) is 21.2 Å². The van der Waals surface area contributed by atoms with Gasteiger partial charge in [0.15, 0.2) is 0 Å². The average molecular weight is 436 g/mol. The van der Waals surface area contributed by atoms with Crippen molar-refractivity contribution in [3.63, 3.8) is 0 Å². The van der Waals surface area contributed by atoms with E-state index in [2.05, 4.69) is 34.6 Å². The predicted molar refractivity (Wildman–Crippen MR) is 123 cm³/mol. The molecule has 0 fully saturated rings. The Morgan fingerprint density at radius 3 is 2.26 bits per heavy atom. The van der Waals surface area contributed by atoms with Gasteiger partial charge in [-0.2, -0.15) is 0 Å². The smallest absolute Gasteiger partial charge is 0.305 e. The number of aliphatic hydroxyl groups is 1. The number of nitrogens with one attached hydrogen (secondary N) is 1. The van der Waals surface area contributed by atoms with Crippen molar-refractivity contribution in [1.29, 1.82) is 0 Å². The summed E-state index contributed by atoms with van der Waals surface area (Å²) in [5.74, 6) is -1.38. The number of carbonyl (C=O) groups excluding carboxylic acids is 1. The van der Waals surface area contributed by atoms with Crippen LogP contribution in [-0.4, -0.2) is 33.7 Å². The second-order valence-electron chi connectivity index (χ2n) is 6.51. The Balaban J connectivity index is 0.000000401. The largest absolute Gasteiger partial charge is 0.481 e. The molecule has 8 heteroatoms. The Bertz CT molecular complexity index is 1170. The van der Waals surface area contributed by atoms with Crippen molar-refractivity contribution < 1.29 is 19.8 Å². The predicted octanol–water partition coefficient (Wildman–Crippen LogP) is 4.26. The number of aromatic nitrogens is 1. The molecule has 2 aromatic carbocycles. The molecule has 4 rings (SSSR count). The molecule has 2 heterocycles. The highest BCUT2D eigenvalue weighted by atomic mass is 32.1. The molecule has 0 aliphatic rings. The van der Waals surface area contributed by atoms with Gasteiger partial charge in [-0.05, 0) is 29.3 Å². The van der Waals surface area contributed by atoms with E-state index < -0.39 is 11.9 Å². The lowest BCUT2D eigenvalue weighted by molar-refractivity contribution is -0.137. The number of rotatable bonds is 6. The SMILES string of the molecule is NC(=O)c1cc2c(Nc3ccc(-c4ccccc4)cc3)cncc2s1.O=C(O)CCO. The summed E-state index contributed by atoms with van der Waals surface area (Å²) < 4.78 is 0.930. The standard InChI is InChI=1S/C20H15N3OS.C3H6O3/c21-20(24)18-10-16-17(11-22-12-19(16)25-18)23-15-8-6-14(7-9-15)13-4-2-1-3-5-13;4-2-1-3(5)6/h1-12,23H,(H2,21,24);4H,1-2H2,(H,5,6). The maximum atomic E-state index is 11.4. The van der Waals surface area contributed by atoms with Crippen LogP contribution >= 0.6 is 11.3 Å². The van der Waals surface area contributed by atoms with E-state index in [-0.39, 0.29) is 13.0 Å². The number of nitrogens with two attached hydrogens (primary N) is 1. The van der Waals surface area contributed by atoms with Crippen molar-refractivity contribution in [3.05, 3.63) is 77.9 Å². The van der Waals surface area contributed by atoms with Crippen molar-refractivity contribution in [2.24, 2.45) is 5.73 Å². The summed E-state index contributed by atoms with van der Waals surface area (Å²) in [5.41, 5.74) is 9.54. The lowest BCUT2D eigenvalue weighted by atomic mass is 10.1. The molecule has 2 aromatic heterocycles. The Morgan fingerprint density at radius 2 is 1.68 bits per heavy atom. The first-order valence-corrected chi connectivity index (χ1v) is 10.2. The van der Waals surface area contributed by atoms with Gasteiger partial charge in [-0.1, -0.05) is 42.5 Å². The third-order valence-electron chi connectivity index (χ3n) is 4.29. The lowest BCUT2D eigenvalue weighted by Gasteiger charge is -2.08. The van der Waals surface area contributed by atoms with Crippen LogP contribution in [0.15, 0.2) is 73.1 Å². The van der Waals surface area contributed by atoms with Gasteiger partial charge in [0.1, 0.15) is 0 Å². The Labute approximate surface area is 182 Å². The zero-order valence-electron chi connectivity index (χ0n) is 16.5. The molecule has 0 spiro atoms. The van der Waals surface area contributed by atoms with E-state index >= 15 is 0 Å². The molecule has 158 valence electrons. The van der Waals surface area contributed by atoms with Gasteiger partial charge in [0.2, 0.25) is 0 Å². The van der Waals surface area contributed by atoms with Gasteiger partial charge >= 0.3 is 5.97 Å². The molecule has 0 atom stereocenters. The quantitative estimate of drug-likeness (QED) is 0.359. The number of fused-ring (bicyclic) bond motifs is 1. The molecule has 0 aliphatic heterocycles. The van der Waals surface area contributed by atoms with Gasteiger partial charge in [0.05, 0.1) is 34.5 Å². The number of nitrogens with zero attached hydrogens (tertiary/aromatic N) is 1. The highest BCUT2D eigenvalue weighted by molar-refractivity contribution is 7.20. The van der Waals surface area contributed by atoms with Gasteiger partial charge in [-0.25, -0.2) is 0 Å². The minimum Gasteiger partial charge on any atom is -0.481 e. The fourth-order valence-corrected chi connectivity index (χ4v) is 3.72. The average Bonchev–Trinajstić information content (AvgIpc) is 3.21. The van der Waals surface area contributed by atoms with Crippen molar-refractivity contribution in [3.8, 4) is 11.1 Å². The third kappa shape index (κ3) is 5.88. The Kier molecular flexibility index (Phi) is 7.31. The molecule has 0 saturated heterocycles. The summed E-state index contributed by atoms with van der Waals surface area (Å²) in [5, 5.41) is 19.9. The fourth-order valence-electron chi connectivity index (χ4n) is 2.81. The number of hydrogen-bond acceptors (Lipinski definition) is 6. The first-order chi connectivity index (χ1) is 15.0. The number of carboxylic acids is 1. The van der Waals surface area contributed by atoms with Crippen LogP contribution in [0.4, 0.5) is 11.4 Å². The van der Waals surface area contributed by atoms with Crippen molar-refractivity contribution >= 4 is 44.7 Å². The van der Waals surface area contributed by atoms with Crippen LogP contribution < -0.4 is 11.1 Å². The molecule has 0 bridgehead atoms. The number of thiophene rings is 1. The summed E-state index contributed by atoms with van der Waals surface area (Å²) >= 11 is 1.35. The topological polar surface area (TPSA) is 126 Å². The normalized spacial score (nSPS) is 10.2. The van der Waals surface area contributed by atoms with E-state index in [1.807, 2.05) is 36.4 Å². The van der Waals surface area contributed by atoms with Crippen LogP contribution in [0.5, 0.6) is 0 Å². The summed E-state index contributed by atoms with van der Waals surface area (Å²) in [7, 11) is 0. The molecule has 4 aromatic rings. The summed E-state index contributed by atoms with van der Waals surface area (Å²) in [4.78, 5) is 25.6. The highest BCUT2D eigenvalue weighted by Gasteiger charge is 2.10. The number of carboxylic acid groups (broad SMARTS) is 1. The Morgan fingerprint density at radius 1 is 1.00 bits per heavy atom. The van der Waals surface area contributed by atoms with E-state index in [0.29, 0.717) is 4.88 Å². The molecule has 31 heavy (non-hydrogen) atoms. The van der Waals surface area contributed by atoms with E-state index in [1.165, 1.54) is 16.9 Å². The molecule has 7 nitrogen and oxygen atoms in total. The zero-order valence-corrected chi connectivity index (χ0v) is 17.3. The second-order valence-corrected chi connectivity index (χ2v) is 7.59. The molecule has 0 radical (unpaired) electrons. The minimum atomic E-state index is -0.961. The van der Waals surface area contributed by atoms with E-state index in [9.17, 15) is 9.59 Å². The van der Waals surface area contributed by atoms with E-state index in [0.717, 1.165) is 27.0 Å². The van der Waals surface area contributed by atoms with Crippen molar-refractivity contribution in [1.82, 2.24) is 4.98 Å². The number of aliphatic carboxylic acids is 1. The molecule has 1 amide bonds. The molecule has 0 unspecified atom stereocenters. The summed E-state index contributed by atoms with van der Waals surface area (Å²) in [6.45, 7) is -0.269. The highest BCUT2D eigenvalue weighted by Crippen LogP contribution is 2.32. The van der Waals surface area contributed by atoms with Gasteiger partial charge in [-0.3, -0.25) is 14.6 Å². The zero-order chi connectivity index (χ0) is 22.2. The van der Waals surface area contributed by atoms with Gasteiger partial charge in [0, 0.05) is 17.3 Å². The first kappa shape index (κ1) is 21.9. The van der Waals surface area contributed by atoms with Crippen LogP contribution in [0.1, 0.15) is 16.1 Å². The molecular formula is C23H21N3O4S. The summed E-state index contributed by atoms with van der Waals surface area (Å²) in [6.07, 6.45) is 3.35. The van der Waals surface area contributed by atoms with Crippen LogP contribution in [0, 0.1) is 0 Å². The number of amides is 1. The number of aliphatic hydroxyl groups excluding tert-OH is 1. The first-order valence-electron chi connectivity index (χ1n) is 9.40. The van der Waals surface area contributed by atoms with Crippen molar-refractivity contribution in [2.75, 3.05) is 11.9 Å². The molecule has 5 N–H and O–H groups in total. The van der Waals surface area contributed by atoms with Gasteiger partial charge in [0.25, 0.3) is 5.91 Å². The number of anilines is 2. The number of pyridine rings is 1. The van der Waals surface area contributed by atoms with Crippen LogP contribution in [0.3, 0.4) is 0 Å².